The molecule has 0 aliphatic carbocycles. The summed E-state index contributed by atoms with van der Waals surface area (Å²) in [7, 11) is -1.01. The Labute approximate surface area is 103 Å². The molecule has 0 radical (unpaired) electrons. The van der Waals surface area contributed by atoms with E-state index in [1.165, 1.54) is 0 Å². The predicted molar refractivity (Wildman–Crippen MR) is 68.4 cm³/mol. The van der Waals surface area contributed by atoms with E-state index in [2.05, 4.69) is 5.10 Å². The van der Waals surface area contributed by atoms with Crippen LogP contribution in [0.2, 0.25) is 0 Å². The summed E-state index contributed by atoms with van der Waals surface area (Å²) >= 11 is 0. The van der Waals surface area contributed by atoms with Crippen molar-refractivity contribution < 1.29 is 8.42 Å². The normalized spacial score (nSPS) is 13.9. The van der Waals surface area contributed by atoms with Gasteiger partial charge in [0, 0.05) is 30.1 Å². The molecule has 6 heteroatoms. The number of rotatable bonds is 6. The van der Waals surface area contributed by atoms with Gasteiger partial charge in [-0.2, -0.15) is 5.10 Å². The average Bonchev–Trinajstić information content (AvgIpc) is 2.59. The van der Waals surface area contributed by atoms with Crippen LogP contribution in [-0.4, -0.2) is 29.7 Å². The van der Waals surface area contributed by atoms with Crippen LogP contribution in [0.25, 0.3) is 0 Å². The van der Waals surface area contributed by atoms with Crippen LogP contribution < -0.4 is 5.73 Å². The van der Waals surface area contributed by atoms with Crippen molar-refractivity contribution in [3.63, 3.8) is 0 Å². The summed E-state index contributed by atoms with van der Waals surface area (Å²) < 4.78 is 24.4. The molecule has 17 heavy (non-hydrogen) atoms. The van der Waals surface area contributed by atoms with E-state index in [1.807, 2.05) is 14.0 Å². The molecule has 0 bridgehead atoms. The molecule has 1 aromatic rings. The molecule has 0 aliphatic rings. The quantitative estimate of drug-likeness (QED) is 0.825. The van der Waals surface area contributed by atoms with Gasteiger partial charge in [0.15, 0.2) is 0 Å². The maximum absolute atomic E-state index is 11.3. The molecular weight excluding hydrogens is 238 g/mol. The molecule has 1 unspecified atom stereocenters. The third-order valence-electron chi connectivity index (χ3n) is 3.08. The minimum Gasteiger partial charge on any atom is -0.324 e. The highest BCUT2D eigenvalue weighted by atomic mass is 32.2. The Morgan fingerprint density at radius 3 is 2.65 bits per heavy atom. The second kappa shape index (κ2) is 5.64. The molecule has 1 heterocycles. The molecule has 0 aliphatic heterocycles. The number of hydrogen-bond acceptors (Lipinski definition) is 4. The van der Waals surface area contributed by atoms with Crippen LogP contribution in [0.1, 0.15) is 37.1 Å². The lowest BCUT2D eigenvalue weighted by atomic mass is 10.0. The predicted octanol–water partition coefficient (Wildman–Crippen LogP) is 0.943. The summed E-state index contributed by atoms with van der Waals surface area (Å²) in [4.78, 5) is 0. The largest absolute Gasteiger partial charge is 0.324 e. The number of nitrogens with zero attached hydrogens (tertiary/aromatic N) is 2. The number of sulfone groups is 1. The molecule has 5 nitrogen and oxygen atoms in total. The Hall–Kier alpha value is -0.880. The summed E-state index contributed by atoms with van der Waals surface area (Å²) in [5.74, 6) is 0.421. The maximum Gasteiger partial charge on any atom is 0.150 e. The molecular formula is C11H21N3O2S. The van der Waals surface area contributed by atoms with Crippen LogP contribution in [0, 0.1) is 6.92 Å². The highest BCUT2D eigenvalue weighted by Gasteiger charge is 2.14. The topological polar surface area (TPSA) is 78.0 Å². The Balaban J connectivity index is 2.51. The molecule has 1 atom stereocenters. The third-order valence-corrected chi connectivity index (χ3v) is 4.87. The molecule has 1 aromatic heterocycles. The van der Waals surface area contributed by atoms with Crippen molar-refractivity contribution in [1.29, 1.82) is 0 Å². The number of nitrogens with two attached hydrogens (primary N) is 1. The first-order valence-electron chi connectivity index (χ1n) is 5.82. The second-order valence-electron chi connectivity index (χ2n) is 4.29. The lowest BCUT2D eigenvalue weighted by Crippen LogP contribution is -2.15. The Morgan fingerprint density at radius 2 is 2.18 bits per heavy atom. The maximum atomic E-state index is 11.3. The van der Waals surface area contributed by atoms with Crippen molar-refractivity contribution in [3.05, 3.63) is 17.5 Å². The smallest absolute Gasteiger partial charge is 0.150 e. The summed E-state index contributed by atoms with van der Waals surface area (Å²) in [5.41, 5.74) is 8.07. The fraction of sp³-hybridized carbons (Fsp3) is 0.727. The van der Waals surface area contributed by atoms with E-state index in [9.17, 15) is 8.42 Å². The van der Waals surface area contributed by atoms with Gasteiger partial charge in [-0.3, -0.25) is 4.68 Å². The van der Waals surface area contributed by atoms with Crippen molar-refractivity contribution >= 4 is 9.84 Å². The van der Waals surface area contributed by atoms with Gasteiger partial charge < -0.3 is 5.73 Å². The SMILES string of the molecule is CCS(=O)(=O)CCCC(N)c1cnn(C)c1C. The van der Waals surface area contributed by atoms with E-state index in [0.29, 0.717) is 12.8 Å². The minimum absolute atomic E-state index is 0.129. The van der Waals surface area contributed by atoms with Crippen molar-refractivity contribution in [2.45, 2.75) is 32.7 Å². The highest BCUT2D eigenvalue weighted by Crippen LogP contribution is 2.19. The summed E-state index contributed by atoms with van der Waals surface area (Å²) in [6.07, 6.45) is 3.03. The van der Waals surface area contributed by atoms with Crippen LogP contribution in [0.5, 0.6) is 0 Å². The third kappa shape index (κ3) is 3.81. The number of aryl methyl sites for hydroxylation is 1. The van der Waals surface area contributed by atoms with Gasteiger partial charge >= 0.3 is 0 Å². The standard InChI is InChI=1S/C11H21N3O2S/c1-4-17(15,16)7-5-6-11(12)10-8-13-14(3)9(10)2/h8,11H,4-7,12H2,1-3H3. The first kappa shape index (κ1) is 14.2. The van der Waals surface area contributed by atoms with Gasteiger partial charge in [0.25, 0.3) is 0 Å². The van der Waals surface area contributed by atoms with E-state index < -0.39 is 9.84 Å². The zero-order valence-electron chi connectivity index (χ0n) is 10.7. The van der Waals surface area contributed by atoms with Crippen LogP contribution in [0.15, 0.2) is 6.20 Å². The van der Waals surface area contributed by atoms with E-state index >= 15 is 0 Å². The zero-order chi connectivity index (χ0) is 13.1. The van der Waals surface area contributed by atoms with Crippen LogP contribution in [-0.2, 0) is 16.9 Å². The average molecular weight is 259 g/mol. The van der Waals surface area contributed by atoms with Crippen molar-refractivity contribution in [1.82, 2.24) is 9.78 Å². The van der Waals surface area contributed by atoms with Crippen LogP contribution in [0.4, 0.5) is 0 Å². The highest BCUT2D eigenvalue weighted by molar-refractivity contribution is 7.91. The summed E-state index contributed by atoms with van der Waals surface area (Å²) in [5, 5.41) is 4.13. The van der Waals surface area contributed by atoms with Crippen molar-refractivity contribution in [2.75, 3.05) is 11.5 Å². The molecule has 1 rings (SSSR count). The zero-order valence-corrected chi connectivity index (χ0v) is 11.5. The van der Waals surface area contributed by atoms with Gasteiger partial charge in [-0.25, -0.2) is 8.42 Å². The van der Waals surface area contributed by atoms with E-state index in [4.69, 9.17) is 5.73 Å². The Bertz CT molecular complexity index is 465. The van der Waals surface area contributed by atoms with E-state index in [1.54, 1.807) is 17.8 Å². The molecule has 0 spiro atoms. The van der Waals surface area contributed by atoms with Crippen molar-refractivity contribution in [3.8, 4) is 0 Å². The first-order chi connectivity index (χ1) is 7.87. The minimum atomic E-state index is -2.88. The Morgan fingerprint density at radius 1 is 1.53 bits per heavy atom. The van der Waals surface area contributed by atoms with Gasteiger partial charge in [0.05, 0.1) is 11.9 Å². The van der Waals surface area contributed by atoms with Gasteiger partial charge in [-0.15, -0.1) is 0 Å². The van der Waals surface area contributed by atoms with E-state index in [0.717, 1.165) is 11.3 Å². The van der Waals surface area contributed by atoms with Gasteiger partial charge in [0.1, 0.15) is 9.84 Å². The molecule has 0 fully saturated rings. The number of aromatic nitrogens is 2. The molecule has 0 aromatic carbocycles. The lowest BCUT2D eigenvalue weighted by Gasteiger charge is -2.11. The van der Waals surface area contributed by atoms with Gasteiger partial charge in [0.2, 0.25) is 0 Å². The number of hydrogen-bond donors (Lipinski definition) is 1. The van der Waals surface area contributed by atoms with Crippen molar-refractivity contribution in [2.24, 2.45) is 12.8 Å². The monoisotopic (exact) mass is 259 g/mol. The fourth-order valence-corrected chi connectivity index (χ4v) is 2.60. The lowest BCUT2D eigenvalue weighted by molar-refractivity contribution is 0.583. The summed E-state index contributed by atoms with van der Waals surface area (Å²) in [6.45, 7) is 3.63. The fourth-order valence-electron chi connectivity index (χ4n) is 1.70. The van der Waals surface area contributed by atoms with E-state index in [-0.39, 0.29) is 17.5 Å². The second-order valence-corrected chi connectivity index (χ2v) is 6.77. The van der Waals surface area contributed by atoms with Gasteiger partial charge in [-0.1, -0.05) is 6.92 Å². The Kier molecular flexibility index (Phi) is 4.70. The first-order valence-corrected chi connectivity index (χ1v) is 7.64. The molecule has 0 saturated heterocycles. The van der Waals surface area contributed by atoms with Gasteiger partial charge in [-0.05, 0) is 19.8 Å². The van der Waals surface area contributed by atoms with Crippen LogP contribution >= 0.6 is 0 Å². The molecule has 0 amide bonds. The molecule has 0 saturated carbocycles. The molecule has 98 valence electrons. The summed E-state index contributed by atoms with van der Waals surface area (Å²) in [6, 6.07) is -0.129. The molecule has 2 N–H and O–H groups in total. The van der Waals surface area contributed by atoms with Crippen LogP contribution in [0.3, 0.4) is 0 Å².